The molecule has 5 heterocycles. The zero-order valence-electron chi connectivity index (χ0n) is 22.0. The fraction of sp³-hybridized carbons (Fsp3) is 0.462. The van der Waals surface area contributed by atoms with Gasteiger partial charge in [-0.15, -0.1) is 11.3 Å². The van der Waals surface area contributed by atoms with Crippen LogP contribution in [0.3, 0.4) is 0 Å². The number of para-hydroxylation sites is 2. The van der Waals surface area contributed by atoms with Gasteiger partial charge in [0.05, 0.1) is 53.3 Å². The quantitative estimate of drug-likeness (QED) is 0.334. The van der Waals surface area contributed by atoms with E-state index in [9.17, 15) is 13.2 Å². The molecule has 2 fully saturated rings. The number of morpholine rings is 1. The molecule has 13 heteroatoms. The highest BCUT2D eigenvalue weighted by Crippen LogP contribution is 2.35. The lowest BCUT2D eigenvalue weighted by Crippen LogP contribution is -2.51. The fourth-order valence-corrected chi connectivity index (χ4v) is 7.28. The van der Waals surface area contributed by atoms with Crippen LogP contribution in [0.4, 0.5) is 5.82 Å². The van der Waals surface area contributed by atoms with Crippen LogP contribution in [0.5, 0.6) is 0 Å². The number of hydrogen-bond donors (Lipinski definition) is 0. The van der Waals surface area contributed by atoms with Crippen LogP contribution in [0.1, 0.15) is 24.5 Å². The van der Waals surface area contributed by atoms with Gasteiger partial charge >= 0.3 is 0 Å². The Morgan fingerprint density at radius 1 is 1.00 bits per heavy atom. The van der Waals surface area contributed by atoms with Gasteiger partial charge in [-0.2, -0.15) is 9.29 Å². The molecule has 2 saturated heterocycles. The maximum atomic E-state index is 12.9. The highest BCUT2D eigenvalue weighted by Gasteiger charge is 2.31. The third-order valence-electron chi connectivity index (χ3n) is 7.24. The summed E-state index contributed by atoms with van der Waals surface area (Å²) in [5.41, 5.74) is 2.68. The number of sulfonamides is 1. The monoisotopic (exact) mass is 569 g/mol. The molecule has 0 aliphatic carbocycles. The normalized spacial score (nSPS) is 17.5. The van der Waals surface area contributed by atoms with E-state index in [-0.39, 0.29) is 18.2 Å². The van der Waals surface area contributed by atoms with Gasteiger partial charge in [-0.3, -0.25) is 9.36 Å². The molecule has 0 unspecified atom stereocenters. The standard InChI is InChI=1S/C26H31N7O4S2/c1-3-22-27-19-7-5-6-8-21(19)33(22)26-28-20-15-18(38-24(20)25(29-26)30-11-13-37-14-12-30)16-31-9-10-32(17-23(31)34)39(35,36)4-2/h5-8,15H,3-4,9-14,16-17H2,1-2H3. The maximum Gasteiger partial charge on any atom is 0.238 e. The molecule has 39 heavy (non-hydrogen) atoms. The number of imidazole rings is 1. The summed E-state index contributed by atoms with van der Waals surface area (Å²) in [5.74, 6) is 2.14. The maximum absolute atomic E-state index is 12.9. The number of carbonyl (C=O) groups excluding carboxylic acids is 1. The van der Waals surface area contributed by atoms with Crippen LogP contribution >= 0.6 is 11.3 Å². The number of anilines is 1. The second-order valence-electron chi connectivity index (χ2n) is 9.63. The lowest BCUT2D eigenvalue weighted by atomic mass is 10.3. The Bertz CT molecular complexity index is 1640. The molecule has 0 saturated carbocycles. The molecule has 0 radical (unpaired) electrons. The van der Waals surface area contributed by atoms with Crippen molar-refractivity contribution in [1.29, 1.82) is 0 Å². The Balaban J connectivity index is 1.38. The average molecular weight is 570 g/mol. The van der Waals surface area contributed by atoms with E-state index in [0.29, 0.717) is 38.8 Å². The predicted octanol–water partition coefficient (Wildman–Crippen LogP) is 2.42. The lowest BCUT2D eigenvalue weighted by molar-refractivity contribution is -0.134. The average Bonchev–Trinajstić information content (AvgIpc) is 3.54. The van der Waals surface area contributed by atoms with Gasteiger partial charge in [0.15, 0.2) is 5.82 Å². The second kappa shape index (κ2) is 10.5. The van der Waals surface area contributed by atoms with Gasteiger partial charge in [0.2, 0.25) is 21.9 Å². The largest absolute Gasteiger partial charge is 0.378 e. The Morgan fingerprint density at radius 2 is 1.79 bits per heavy atom. The zero-order chi connectivity index (χ0) is 27.1. The van der Waals surface area contributed by atoms with E-state index < -0.39 is 10.0 Å². The van der Waals surface area contributed by atoms with E-state index in [2.05, 4.69) is 11.8 Å². The Hall–Kier alpha value is -3.13. The van der Waals surface area contributed by atoms with Gasteiger partial charge < -0.3 is 14.5 Å². The second-order valence-corrected chi connectivity index (χ2v) is 13.0. The summed E-state index contributed by atoms with van der Waals surface area (Å²) in [6, 6.07) is 10.0. The van der Waals surface area contributed by atoms with E-state index in [1.807, 2.05) is 34.9 Å². The van der Waals surface area contributed by atoms with Crippen LogP contribution in [0.2, 0.25) is 0 Å². The summed E-state index contributed by atoms with van der Waals surface area (Å²) in [4.78, 5) is 32.7. The van der Waals surface area contributed by atoms with Crippen molar-refractivity contribution in [1.82, 2.24) is 28.7 Å². The summed E-state index contributed by atoms with van der Waals surface area (Å²) in [6.45, 7) is 7.37. The van der Waals surface area contributed by atoms with E-state index >= 15 is 0 Å². The van der Waals surface area contributed by atoms with Crippen LogP contribution in [-0.2, 0) is 32.5 Å². The summed E-state index contributed by atoms with van der Waals surface area (Å²) in [7, 11) is -3.39. The number of nitrogens with zero attached hydrogens (tertiary/aromatic N) is 7. The lowest BCUT2D eigenvalue weighted by Gasteiger charge is -2.33. The van der Waals surface area contributed by atoms with Gasteiger partial charge in [0.25, 0.3) is 0 Å². The van der Waals surface area contributed by atoms with Crippen LogP contribution in [0, 0.1) is 0 Å². The number of rotatable bonds is 7. The predicted molar refractivity (Wildman–Crippen MR) is 151 cm³/mol. The van der Waals surface area contributed by atoms with Crippen LogP contribution < -0.4 is 4.90 Å². The van der Waals surface area contributed by atoms with Gasteiger partial charge in [-0.1, -0.05) is 19.1 Å². The van der Waals surface area contributed by atoms with Crippen molar-refractivity contribution >= 4 is 54.3 Å². The molecular weight excluding hydrogens is 538 g/mol. The molecule has 1 amide bonds. The summed E-state index contributed by atoms with van der Waals surface area (Å²) in [5, 5.41) is 0. The van der Waals surface area contributed by atoms with Crippen molar-refractivity contribution in [3.05, 3.63) is 41.0 Å². The third-order valence-corrected chi connectivity index (χ3v) is 10.2. The number of benzene rings is 1. The van der Waals surface area contributed by atoms with Crippen LogP contribution in [0.25, 0.3) is 27.2 Å². The highest BCUT2D eigenvalue weighted by atomic mass is 32.2. The number of piperazine rings is 1. The minimum Gasteiger partial charge on any atom is -0.378 e. The zero-order valence-corrected chi connectivity index (χ0v) is 23.7. The van der Waals surface area contributed by atoms with Gasteiger partial charge in [-0.05, 0) is 25.1 Å². The van der Waals surface area contributed by atoms with Crippen LogP contribution in [0.15, 0.2) is 30.3 Å². The van der Waals surface area contributed by atoms with E-state index in [1.54, 1.807) is 23.2 Å². The molecule has 3 aromatic heterocycles. The molecular formula is C26H31N7O4S2. The fourth-order valence-electron chi connectivity index (χ4n) is 5.12. The van der Waals surface area contributed by atoms with E-state index in [1.165, 1.54) is 4.31 Å². The van der Waals surface area contributed by atoms with Crippen molar-refractivity contribution in [3.63, 3.8) is 0 Å². The summed E-state index contributed by atoms with van der Waals surface area (Å²) in [6.07, 6.45) is 0.736. The Labute approximate surface area is 231 Å². The molecule has 4 aromatic rings. The van der Waals surface area contributed by atoms with Gasteiger partial charge in [-0.25, -0.2) is 18.4 Å². The highest BCUT2D eigenvalue weighted by molar-refractivity contribution is 7.89. The summed E-state index contributed by atoms with van der Waals surface area (Å²) < 4.78 is 34.4. The molecule has 0 bridgehead atoms. The first-order valence-electron chi connectivity index (χ1n) is 13.2. The number of carbonyl (C=O) groups is 1. The first kappa shape index (κ1) is 26.1. The number of aromatic nitrogens is 4. The number of thiophene rings is 1. The van der Waals surface area contributed by atoms with Crippen LogP contribution in [-0.4, -0.2) is 94.7 Å². The Kier molecular flexibility index (Phi) is 7.00. The molecule has 11 nitrogen and oxygen atoms in total. The number of ether oxygens (including phenoxy) is 1. The molecule has 2 aliphatic rings. The first-order valence-corrected chi connectivity index (χ1v) is 15.7. The molecule has 6 rings (SSSR count). The number of amides is 1. The van der Waals surface area contributed by atoms with Gasteiger partial charge in [0, 0.05) is 37.5 Å². The Morgan fingerprint density at radius 3 is 2.54 bits per heavy atom. The number of hydrogen-bond acceptors (Lipinski definition) is 9. The summed E-state index contributed by atoms with van der Waals surface area (Å²) >= 11 is 1.59. The van der Waals surface area contributed by atoms with Gasteiger partial charge in [0.1, 0.15) is 5.82 Å². The third kappa shape index (κ3) is 4.88. The molecule has 2 aliphatic heterocycles. The smallest absolute Gasteiger partial charge is 0.238 e. The minimum atomic E-state index is -3.39. The van der Waals surface area contributed by atoms with Crippen molar-refractivity contribution in [2.24, 2.45) is 0 Å². The minimum absolute atomic E-state index is 0.00609. The van der Waals surface area contributed by atoms with Crippen molar-refractivity contribution in [3.8, 4) is 5.95 Å². The molecule has 206 valence electrons. The topological polar surface area (TPSA) is 114 Å². The first-order chi connectivity index (χ1) is 18.9. The number of fused-ring (bicyclic) bond motifs is 2. The molecule has 0 N–H and O–H groups in total. The van der Waals surface area contributed by atoms with E-state index in [4.69, 9.17) is 19.7 Å². The molecule has 1 aromatic carbocycles. The van der Waals surface area contributed by atoms with Crippen molar-refractivity contribution < 1.29 is 17.9 Å². The van der Waals surface area contributed by atoms with Crippen molar-refractivity contribution in [2.45, 2.75) is 26.8 Å². The molecule has 0 spiro atoms. The van der Waals surface area contributed by atoms with E-state index in [0.717, 1.165) is 57.3 Å². The van der Waals surface area contributed by atoms with Crippen molar-refractivity contribution in [2.75, 3.05) is 56.6 Å². The number of aryl methyl sites for hydroxylation is 1. The molecule has 0 atom stereocenters. The SMILES string of the molecule is CCc1nc2ccccc2n1-c1nc(N2CCOCC2)c2sc(CN3CCN(S(=O)(=O)CC)CC3=O)cc2n1.